The van der Waals surface area contributed by atoms with Crippen LogP contribution in [0.25, 0.3) is 11.0 Å². The molecule has 0 aliphatic heterocycles. The van der Waals surface area contributed by atoms with E-state index in [1.54, 1.807) is 55.1 Å². The van der Waals surface area contributed by atoms with Gasteiger partial charge in [-0.25, -0.2) is 9.59 Å². The topological polar surface area (TPSA) is 70.3 Å². The van der Waals surface area contributed by atoms with Crippen molar-refractivity contribution < 1.29 is 14.3 Å². The Bertz CT molecular complexity index is 1070. The highest BCUT2D eigenvalue weighted by Crippen LogP contribution is 2.25. The minimum atomic E-state index is -0.429. The van der Waals surface area contributed by atoms with Gasteiger partial charge < -0.3 is 4.74 Å². The number of carbonyl (C=O) groups is 2. The largest absolute Gasteiger partial charge is 0.465 e. The summed E-state index contributed by atoms with van der Waals surface area (Å²) in [6.07, 6.45) is 0. The van der Waals surface area contributed by atoms with E-state index < -0.39 is 5.97 Å². The second-order valence-electron chi connectivity index (χ2n) is 5.80. The molecule has 1 aromatic heterocycles. The van der Waals surface area contributed by atoms with Crippen LogP contribution in [0.5, 0.6) is 0 Å². The fraction of sp³-hybridized carbons (Fsp3) is 0.211. The molecular formula is C19H18N2O4S. The zero-order valence-electron chi connectivity index (χ0n) is 14.7. The van der Waals surface area contributed by atoms with Gasteiger partial charge in [0.1, 0.15) is 0 Å². The maximum Gasteiger partial charge on any atom is 0.338 e. The molecule has 0 unspecified atom stereocenters. The van der Waals surface area contributed by atoms with Crippen LogP contribution >= 0.6 is 11.8 Å². The minimum absolute atomic E-state index is 0.0760. The van der Waals surface area contributed by atoms with E-state index >= 15 is 0 Å². The number of fused-ring (bicyclic) bond motifs is 1. The van der Waals surface area contributed by atoms with Gasteiger partial charge in [0.15, 0.2) is 5.78 Å². The van der Waals surface area contributed by atoms with Crippen molar-refractivity contribution in [1.82, 2.24) is 9.13 Å². The van der Waals surface area contributed by atoms with E-state index in [-0.39, 0.29) is 17.2 Å². The fourth-order valence-corrected chi connectivity index (χ4v) is 3.71. The van der Waals surface area contributed by atoms with Gasteiger partial charge in [-0.2, -0.15) is 0 Å². The van der Waals surface area contributed by atoms with Gasteiger partial charge in [0.2, 0.25) is 0 Å². The smallest absolute Gasteiger partial charge is 0.338 e. The minimum Gasteiger partial charge on any atom is -0.465 e. The molecule has 0 radical (unpaired) electrons. The van der Waals surface area contributed by atoms with Crippen molar-refractivity contribution in [3.05, 3.63) is 64.1 Å². The van der Waals surface area contributed by atoms with Crippen molar-refractivity contribution in [2.24, 2.45) is 14.1 Å². The molecule has 0 saturated carbocycles. The van der Waals surface area contributed by atoms with Gasteiger partial charge >= 0.3 is 11.7 Å². The lowest BCUT2D eigenvalue weighted by molar-refractivity contribution is 0.0596. The summed E-state index contributed by atoms with van der Waals surface area (Å²) in [6, 6.07) is 12.2. The van der Waals surface area contributed by atoms with Crippen LogP contribution in [0.15, 0.2) is 52.2 Å². The molecule has 6 nitrogen and oxygen atoms in total. The predicted octanol–water partition coefficient (Wildman–Crippen LogP) is 2.64. The van der Waals surface area contributed by atoms with Crippen molar-refractivity contribution in [2.75, 3.05) is 12.9 Å². The number of nitrogens with zero attached hydrogens (tertiary/aromatic N) is 2. The van der Waals surface area contributed by atoms with Crippen LogP contribution in [0.2, 0.25) is 0 Å². The Hall–Kier alpha value is -2.80. The summed E-state index contributed by atoms with van der Waals surface area (Å²) in [5.74, 6) is -0.325. The Morgan fingerprint density at radius 3 is 2.46 bits per heavy atom. The molecule has 1 heterocycles. The maximum atomic E-state index is 12.6. The number of ketones is 1. The zero-order chi connectivity index (χ0) is 18.8. The number of Topliss-reactive ketones (excluding diaryl/α,β-unsaturated/α-hetero) is 1. The number of thioether (sulfide) groups is 1. The number of methoxy groups -OCH3 is 1. The summed E-state index contributed by atoms with van der Waals surface area (Å²) >= 11 is 1.29. The molecule has 0 aliphatic carbocycles. The highest BCUT2D eigenvalue weighted by molar-refractivity contribution is 8.00. The third kappa shape index (κ3) is 3.17. The molecule has 3 aromatic rings. The number of rotatable bonds is 5. The summed E-state index contributed by atoms with van der Waals surface area (Å²) < 4.78 is 7.84. The Labute approximate surface area is 154 Å². The second-order valence-corrected chi connectivity index (χ2v) is 6.82. The van der Waals surface area contributed by atoms with Gasteiger partial charge in [-0.15, -0.1) is 11.8 Å². The quantitative estimate of drug-likeness (QED) is 0.392. The Morgan fingerprint density at radius 2 is 1.73 bits per heavy atom. The first-order chi connectivity index (χ1) is 12.4. The van der Waals surface area contributed by atoms with Crippen molar-refractivity contribution in [2.45, 2.75) is 4.90 Å². The monoisotopic (exact) mass is 370 g/mol. The Morgan fingerprint density at radius 1 is 1.04 bits per heavy atom. The molecule has 0 atom stereocenters. The fourth-order valence-electron chi connectivity index (χ4n) is 2.78. The SMILES string of the molecule is COC(=O)c1ccccc1SCC(=O)c1ccc2c(c1)n(C)c(=O)n2C. The normalized spacial score (nSPS) is 10.9. The van der Waals surface area contributed by atoms with Crippen molar-refractivity contribution in [1.29, 1.82) is 0 Å². The van der Waals surface area contributed by atoms with E-state index in [0.29, 0.717) is 21.5 Å². The van der Waals surface area contributed by atoms with Crippen LogP contribution in [0.3, 0.4) is 0 Å². The molecule has 2 aromatic carbocycles. The summed E-state index contributed by atoms with van der Waals surface area (Å²) in [6.45, 7) is 0. The molecule has 26 heavy (non-hydrogen) atoms. The molecule has 0 spiro atoms. The van der Waals surface area contributed by atoms with Gasteiger partial charge in [0, 0.05) is 24.6 Å². The highest BCUT2D eigenvalue weighted by Gasteiger charge is 2.15. The predicted molar refractivity (Wildman–Crippen MR) is 101 cm³/mol. The highest BCUT2D eigenvalue weighted by atomic mass is 32.2. The lowest BCUT2D eigenvalue weighted by Crippen LogP contribution is -2.19. The molecular weight excluding hydrogens is 352 g/mol. The molecule has 0 bridgehead atoms. The summed E-state index contributed by atoms with van der Waals surface area (Å²) in [5, 5.41) is 0. The number of aromatic nitrogens is 2. The van der Waals surface area contributed by atoms with Crippen LogP contribution in [-0.2, 0) is 18.8 Å². The van der Waals surface area contributed by atoms with E-state index in [4.69, 9.17) is 4.74 Å². The molecule has 0 aliphatic rings. The summed E-state index contributed by atoms with van der Waals surface area (Å²) in [5.41, 5.74) is 2.32. The molecule has 3 rings (SSSR count). The number of imidazole rings is 1. The van der Waals surface area contributed by atoms with Gasteiger partial charge in [-0.3, -0.25) is 13.9 Å². The van der Waals surface area contributed by atoms with Gasteiger partial charge in [-0.05, 0) is 30.3 Å². The lowest BCUT2D eigenvalue weighted by Gasteiger charge is -2.07. The first-order valence-corrected chi connectivity index (χ1v) is 8.91. The number of esters is 1. The van der Waals surface area contributed by atoms with E-state index in [9.17, 15) is 14.4 Å². The molecule has 7 heteroatoms. The first-order valence-electron chi connectivity index (χ1n) is 7.93. The number of hydrogen-bond donors (Lipinski definition) is 0. The van der Waals surface area contributed by atoms with Gasteiger partial charge in [0.05, 0.1) is 29.5 Å². The molecule has 0 N–H and O–H groups in total. The molecule has 0 fully saturated rings. The van der Waals surface area contributed by atoms with E-state index in [1.807, 2.05) is 6.07 Å². The number of hydrogen-bond acceptors (Lipinski definition) is 5. The average Bonchev–Trinajstić information content (AvgIpc) is 2.89. The van der Waals surface area contributed by atoms with Crippen LogP contribution in [0.4, 0.5) is 0 Å². The van der Waals surface area contributed by atoms with E-state index in [2.05, 4.69) is 0 Å². The van der Waals surface area contributed by atoms with E-state index in [1.165, 1.54) is 23.4 Å². The zero-order valence-corrected chi connectivity index (χ0v) is 15.5. The standard InChI is InChI=1S/C19H18N2O4S/c1-20-14-9-8-12(10-15(14)21(2)19(20)24)16(22)11-26-17-7-5-4-6-13(17)18(23)25-3/h4-10H,11H2,1-3H3. The third-order valence-electron chi connectivity index (χ3n) is 4.25. The Kier molecular flexibility index (Phi) is 4.99. The van der Waals surface area contributed by atoms with Crippen LogP contribution in [-0.4, -0.2) is 33.7 Å². The summed E-state index contributed by atoms with van der Waals surface area (Å²) in [7, 11) is 4.71. The van der Waals surface area contributed by atoms with Crippen molar-refractivity contribution in [3.8, 4) is 0 Å². The maximum absolute atomic E-state index is 12.6. The summed E-state index contributed by atoms with van der Waals surface area (Å²) in [4.78, 5) is 37.1. The van der Waals surface area contributed by atoms with Crippen molar-refractivity contribution in [3.63, 3.8) is 0 Å². The third-order valence-corrected chi connectivity index (χ3v) is 5.32. The number of benzene rings is 2. The lowest BCUT2D eigenvalue weighted by atomic mass is 10.1. The molecule has 0 saturated heterocycles. The number of ether oxygens (including phenoxy) is 1. The first kappa shape index (κ1) is 18.0. The Balaban J connectivity index is 1.83. The average molecular weight is 370 g/mol. The van der Waals surface area contributed by atoms with Gasteiger partial charge in [-0.1, -0.05) is 12.1 Å². The van der Waals surface area contributed by atoms with Crippen LogP contribution < -0.4 is 5.69 Å². The number of aryl methyl sites for hydroxylation is 2. The second kappa shape index (κ2) is 7.21. The van der Waals surface area contributed by atoms with Crippen molar-refractivity contribution >= 4 is 34.5 Å². The number of carbonyl (C=O) groups excluding carboxylic acids is 2. The molecule has 134 valence electrons. The van der Waals surface area contributed by atoms with E-state index in [0.717, 1.165) is 5.52 Å². The molecule has 0 amide bonds. The van der Waals surface area contributed by atoms with Crippen LogP contribution in [0, 0.1) is 0 Å². The van der Waals surface area contributed by atoms with Crippen LogP contribution in [0.1, 0.15) is 20.7 Å². The van der Waals surface area contributed by atoms with Gasteiger partial charge in [0.25, 0.3) is 0 Å².